The van der Waals surface area contributed by atoms with Gasteiger partial charge >= 0.3 is 0 Å². The van der Waals surface area contributed by atoms with Gasteiger partial charge in [-0.25, -0.2) is 0 Å². The molecule has 0 heterocycles. The minimum atomic E-state index is -0.202. The van der Waals surface area contributed by atoms with E-state index in [1.54, 1.807) is 13.2 Å². The number of oxime groups is 1. The highest BCUT2D eigenvalue weighted by molar-refractivity contribution is 5.57. The van der Waals surface area contributed by atoms with Gasteiger partial charge < -0.3 is 19.4 Å². The Balaban J connectivity index is 3.41. The van der Waals surface area contributed by atoms with Crippen molar-refractivity contribution in [3.05, 3.63) is 12.7 Å². The fourth-order valence-corrected chi connectivity index (χ4v) is 0.610. The molecule has 0 saturated heterocycles. The first kappa shape index (κ1) is 12.1. The van der Waals surface area contributed by atoms with Crippen molar-refractivity contribution in [2.75, 3.05) is 27.1 Å². The zero-order valence-electron chi connectivity index (χ0n) is 7.68. The lowest BCUT2D eigenvalue weighted by atomic mass is 10.4. The van der Waals surface area contributed by atoms with Gasteiger partial charge in [0, 0.05) is 7.11 Å². The molecule has 0 aromatic rings. The quantitative estimate of drug-likeness (QED) is 0.152. The molecule has 0 saturated carbocycles. The second-order valence-corrected chi connectivity index (χ2v) is 2.18. The lowest BCUT2D eigenvalue weighted by molar-refractivity contribution is -0.0761. The van der Waals surface area contributed by atoms with Crippen molar-refractivity contribution in [3.63, 3.8) is 0 Å². The summed E-state index contributed by atoms with van der Waals surface area (Å²) in [6, 6.07) is 0. The largest absolute Gasteiger partial charge is 0.411 e. The van der Waals surface area contributed by atoms with Crippen molar-refractivity contribution in [3.8, 4) is 0 Å². The predicted octanol–water partition coefficient (Wildman–Crippen LogP) is 0.638. The topological polar surface area (TPSA) is 60.3 Å². The second-order valence-electron chi connectivity index (χ2n) is 2.18. The van der Waals surface area contributed by atoms with Crippen LogP contribution in [0.25, 0.3) is 0 Å². The average Bonchev–Trinajstić information content (AvgIpc) is 2.17. The molecule has 5 heteroatoms. The van der Waals surface area contributed by atoms with E-state index < -0.39 is 0 Å². The summed E-state index contributed by atoms with van der Waals surface area (Å²) in [4.78, 5) is 0. The number of methoxy groups -OCH3 is 1. The monoisotopic (exact) mass is 189 g/mol. The molecule has 1 atom stereocenters. The molecule has 76 valence electrons. The van der Waals surface area contributed by atoms with Crippen LogP contribution in [0.3, 0.4) is 0 Å². The number of rotatable bonds is 8. The highest BCUT2D eigenvalue weighted by Gasteiger charge is 2.02. The van der Waals surface area contributed by atoms with E-state index in [0.717, 1.165) is 0 Å². The first-order valence-corrected chi connectivity index (χ1v) is 3.81. The Morgan fingerprint density at radius 3 is 2.92 bits per heavy atom. The third-order valence-corrected chi connectivity index (χ3v) is 1.22. The van der Waals surface area contributed by atoms with Crippen LogP contribution in [0, 0.1) is 0 Å². The highest BCUT2D eigenvalue weighted by Crippen LogP contribution is 1.94. The van der Waals surface area contributed by atoms with E-state index in [9.17, 15) is 0 Å². The smallest absolute Gasteiger partial charge is 0.147 e. The summed E-state index contributed by atoms with van der Waals surface area (Å²) in [5.74, 6) is 0. The Morgan fingerprint density at radius 2 is 2.38 bits per heavy atom. The molecule has 0 bridgehead atoms. The van der Waals surface area contributed by atoms with Gasteiger partial charge in [0.05, 0.1) is 19.4 Å². The summed E-state index contributed by atoms with van der Waals surface area (Å²) in [5, 5.41) is 10.8. The molecular formula is C8H15NO4. The molecule has 1 N–H and O–H groups in total. The molecule has 0 spiro atoms. The Hall–Kier alpha value is -0.910. The summed E-state index contributed by atoms with van der Waals surface area (Å²) in [5.41, 5.74) is 0. The van der Waals surface area contributed by atoms with E-state index in [4.69, 9.17) is 19.4 Å². The molecule has 0 fully saturated rings. The van der Waals surface area contributed by atoms with E-state index in [0.29, 0.717) is 6.61 Å². The summed E-state index contributed by atoms with van der Waals surface area (Å²) < 4.78 is 14.9. The minimum absolute atomic E-state index is 0.202. The lowest BCUT2D eigenvalue weighted by Gasteiger charge is -2.12. The molecule has 0 aromatic heterocycles. The summed E-state index contributed by atoms with van der Waals surface area (Å²) in [6.45, 7) is 4.38. The molecule has 0 amide bonds. The number of hydrogen-bond donors (Lipinski definition) is 1. The van der Waals surface area contributed by atoms with E-state index in [2.05, 4.69) is 11.7 Å². The van der Waals surface area contributed by atoms with Crippen LogP contribution in [0.4, 0.5) is 0 Å². The van der Waals surface area contributed by atoms with Crippen LogP contribution in [0.15, 0.2) is 17.8 Å². The Bertz CT molecular complexity index is 149. The SMILES string of the molecule is C=C[C@H](COC/C=N\O)OCOC. The van der Waals surface area contributed by atoms with Crippen LogP contribution in [-0.4, -0.2) is 44.6 Å². The molecule has 0 aliphatic heterocycles. The van der Waals surface area contributed by atoms with Gasteiger partial charge in [-0.1, -0.05) is 11.2 Å². The summed E-state index contributed by atoms with van der Waals surface area (Å²) >= 11 is 0. The molecule has 0 radical (unpaired) electrons. The third kappa shape index (κ3) is 7.45. The van der Waals surface area contributed by atoms with Crippen molar-refractivity contribution in [1.29, 1.82) is 0 Å². The standard InChI is InChI=1S/C8H15NO4/c1-3-8(13-7-11-2)6-12-5-4-9-10/h3-4,8,10H,1,5-7H2,2H3/b9-4-/t8-/m1/s1. The van der Waals surface area contributed by atoms with Crippen LogP contribution in [0.5, 0.6) is 0 Å². The Kier molecular flexibility index (Phi) is 8.54. The van der Waals surface area contributed by atoms with Crippen LogP contribution < -0.4 is 0 Å². The van der Waals surface area contributed by atoms with Crippen molar-refractivity contribution in [2.45, 2.75) is 6.10 Å². The maximum atomic E-state index is 8.05. The van der Waals surface area contributed by atoms with Crippen LogP contribution in [0.1, 0.15) is 0 Å². The molecule has 0 aliphatic carbocycles. The van der Waals surface area contributed by atoms with Gasteiger partial charge in [-0.15, -0.1) is 6.58 Å². The molecule has 5 nitrogen and oxygen atoms in total. The first-order chi connectivity index (χ1) is 6.35. The van der Waals surface area contributed by atoms with Crippen LogP contribution in [-0.2, 0) is 14.2 Å². The molecule has 0 rings (SSSR count). The van der Waals surface area contributed by atoms with Crippen LogP contribution >= 0.6 is 0 Å². The molecular weight excluding hydrogens is 174 g/mol. The highest BCUT2D eigenvalue weighted by atomic mass is 16.7. The normalized spacial score (nSPS) is 13.3. The van der Waals surface area contributed by atoms with E-state index in [1.165, 1.54) is 6.21 Å². The fourth-order valence-electron chi connectivity index (χ4n) is 0.610. The zero-order chi connectivity index (χ0) is 9.94. The average molecular weight is 189 g/mol. The predicted molar refractivity (Wildman–Crippen MR) is 48.0 cm³/mol. The molecule has 13 heavy (non-hydrogen) atoms. The van der Waals surface area contributed by atoms with Crippen molar-refractivity contribution >= 4 is 6.21 Å². The minimum Gasteiger partial charge on any atom is -0.411 e. The number of ether oxygens (including phenoxy) is 3. The fraction of sp³-hybridized carbons (Fsp3) is 0.625. The maximum Gasteiger partial charge on any atom is 0.147 e. The van der Waals surface area contributed by atoms with Gasteiger partial charge in [0.2, 0.25) is 0 Å². The van der Waals surface area contributed by atoms with E-state index in [1.807, 2.05) is 0 Å². The van der Waals surface area contributed by atoms with Crippen LogP contribution in [0.2, 0.25) is 0 Å². The van der Waals surface area contributed by atoms with E-state index >= 15 is 0 Å². The Labute approximate surface area is 77.6 Å². The maximum absolute atomic E-state index is 8.05. The Morgan fingerprint density at radius 1 is 1.62 bits per heavy atom. The van der Waals surface area contributed by atoms with Gasteiger partial charge in [0.15, 0.2) is 0 Å². The van der Waals surface area contributed by atoms with Gasteiger partial charge in [-0.2, -0.15) is 0 Å². The summed E-state index contributed by atoms with van der Waals surface area (Å²) in [7, 11) is 1.54. The second kappa shape index (κ2) is 9.18. The lowest BCUT2D eigenvalue weighted by Crippen LogP contribution is -2.19. The van der Waals surface area contributed by atoms with Crippen molar-refractivity contribution in [2.24, 2.45) is 5.16 Å². The van der Waals surface area contributed by atoms with Gasteiger partial charge in [-0.05, 0) is 0 Å². The zero-order valence-corrected chi connectivity index (χ0v) is 7.68. The first-order valence-electron chi connectivity index (χ1n) is 3.81. The summed E-state index contributed by atoms with van der Waals surface area (Å²) in [6.07, 6.45) is 2.66. The van der Waals surface area contributed by atoms with Gasteiger partial charge in [0.25, 0.3) is 0 Å². The third-order valence-electron chi connectivity index (χ3n) is 1.22. The van der Waals surface area contributed by atoms with Crippen molar-refractivity contribution in [1.82, 2.24) is 0 Å². The molecule has 0 aliphatic rings. The number of nitrogens with zero attached hydrogens (tertiary/aromatic N) is 1. The van der Waals surface area contributed by atoms with E-state index in [-0.39, 0.29) is 19.5 Å². The van der Waals surface area contributed by atoms with Crippen molar-refractivity contribution < 1.29 is 19.4 Å². The molecule has 0 aromatic carbocycles. The van der Waals surface area contributed by atoms with Gasteiger partial charge in [-0.3, -0.25) is 0 Å². The molecule has 0 unspecified atom stereocenters. The van der Waals surface area contributed by atoms with Gasteiger partial charge in [0.1, 0.15) is 12.9 Å². The number of hydrogen-bond acceptors (Lipinski definition) is 5.